The summed E-state index contributed by atoms with van der Waals surface area (Å²) in [5, 5.41) is 0. The first-order chi connectivity index (χ1) is 7.18. The number of H-pyrrole nitrogens is 1. The van der Waals surface area contributed by atoms with Crippen molar-refractivity contribution in [2.45, 2.75) is 6.42 Å². The van der Waals surface area contributed by atoms with Crippen molar-refractivity contribution in [2.24, 2.45) is 0 Å². The maximum atomic E-state index is 11.6. The number of pyridine rings is 1. The fourth-order valence-electron chi connectivity index (χ4n) is 1.64. The molecule has 2 rings (SSSR count). The average molecular weight is 205 g/mol. The summed E-state index contributed by atoms with van der Waals surface area (Å²) < 4.78 is 1.73. The zero-order valence-corrected chi connectivity index (χ0v) is 9.03. The summed E-state index contributed by atoms with van der Waals surface area (Å²) in [6.45, 7) is 0.939. The minimum absolute atomic E-state index is 0.0301. The van der Waals surface area contributed by atoms with E-state index in [0.29, 0.717) is 0 Å². The number of nitrogens with one attached hydrogen (secondary N) is 1. The largest absolute Gasteiger partial charge is 0.346 e. The van der Waals surface area contributed by atoms with Gasteiger partial charge in [-0.05, 0) is 20.2 Å². The lowest BCUT2D eigenvalue weighted by molar-refractivity contribution is 0.411. The number of aromatic amines is 1. The third kappa shape index (κ3) is 1.94. The van der Waals surface area contributed by atoms with Gasteiger partial charge in [-0.3, -0.25) is 9.20 Å². The molecule has 2 aromatic heterocycles. The number of likely N-dealkylation sites (N-methyl/N-ethyl adjacent to an activating group) is 1. The second kappa shape index (κ2) is 3.90. The van der Waals surface area contributed by atoms with Crippen LogP contribution in [0, 0.1) is 0 Å². The number of aromatic nitrogens is 2. The molecule has 0 aromatic carbocycles. The van der Waals surface area contributed by atoms with Gasteiger partial charge >= 0.3 is 0 Å². The third-order valence-corrected chi connectivity index (χ3v) is 2.44. The van der Waals surface area contributed by atoms with Gasteiger partial charge in [-0.15, -0.1) is 0 Å². The lowest BCUT2D eigenvalue weighted by atomic mass is 10.3. The first-order valence-corrected chi connectivity index (χ1v) is 5.01. The van der Waals surface area contributed by atoms with E-state index in [1.165, 1.54) is 0 Å². The van der Waals surface area contributed by atoms with E-state index < -0.39 is 0 Å². The predicted molar refractivity (Wildman–Crippen MR) is 60.3 cm³/mol. The molecule has 0 atom stereocenters. The molecule has 0 fully saturated rings. The van der Waals surface area contributed by atoms with E-state index in [9.17, 15) is 4.79 Å². The molecule has 1 N–H and O–H groups in total. The molecule has 0 aliphatic rings. The number of hydrogen-bond donors (Lipinski definition) is 1. The highest BCUT2D eigenvalue weighted by molar-refractivity contribution is 5.39. The zero-order valence-electron chi connectivity index (χ0n) is 9.03. The second-order valence-corrected chi connectivity index (χ2v) is 3.92. The Kier molecular flexibility index (Phi) is 2.60. The summed E-state index contributed by atoms with van der Waals surface area (Å²) in [5.74, 6) is 0. The molecule has 0 saturated heterocycles. The lowest BCUT2D eigenvalue weighted by Gasteiger charge is -2.08. The van der Waals surface area contributed by atoms with E-state index >= 15 is 0 Å². The Balaban J connectivity index is 2.40. The number of rotatable bonds is 3. The summed E-state index contributed by atoms with van der Waals surface area (Å²) in [6.07, 6.45) is 2.77. The summed E-state index contributed by atoms with van der Waals surface area (Å²) in [6, 6.07) is 5.25. The minimum Gasteiger partial charge on any atom is -0.346 e. The maximum Gasteiger partial charge on any atom is 0.256 e. The van der Waals surface area contributed by atoms with Crippen molar-refractivity contribution in [1.29, 1.82) is 0 Å². The highest BCUT2D eigenvalue weighted by atomic mass is 16.1. The molecule has 2 heterocycles. The first kappa shape index (κ1) is 9.98. The Morgan fingerprint density at radius 2 is 2.20 bits per heavy atom. The standard InChI is InChI=1S/C11H15N3O/c1-13(2)7-6-9-8-12-10-4-3-5-11(15)14(9)10/h3-5,8,12H,6-7H2,1-2H3. The van der Waals surface area contributed by atoms with Crippen molar-refractivity contribution in [1.82, 2.24) is 14.3 Å². The van der Waals surface area contributed by atoms with Crippen molar-refractivity contribution in [3.63, 3.8) is 0 Å². The Morgan fingerprint density at radius 3 is 2.93 bits per heavy atom. The molecule has 0 spiro atoms. The molecule has 0 radical (unpaired) electrons. The van der Waals surface area contributed by atoms with E-state index in [-0.39, 0.29) is 5.56 Å². The van der Waals surface area contributed by atoms with Crippen LogP contribution in [0.15, 0.2) is 29.2 Å². The van der Waals surface area contributed by atoms with Gasteiger partial charge in [0.15, 0.2) is 0 Å². The molecular formula is C11H15N3O. The van der Waals surface area contributed by atoms with Gasteiger partial charge in [-0.25, -0.2) is 0 Å². The van der Waals surface area contributed by atoms with Crippen LogP contribution in [0.3, 0.4) is 0 Å². The molecule has 4 heteroatoms. The van der Waals surface area contributed by atoms with Gasteiger partial charge < -0.3 is 9.88 Å². The van der Waals surface area contributed by atoms with Crippen LogP contribution in [0.25, 0.3) is 5.65 Å². The molecule has 15 heavy (non-hydrogen) atoms. The zero-order chi connectivity index (χ0) is 10.8. The van der Waals surface area contributed by atoms with Crippen LogP contribution in [0.1, 0.15) is 5.69 Å². The van der Waals surface area contributed by atoms with Crippen molar-refractivity contribution in [2.75, 3.05) is 20.6 Å². The highest BCUT2D eigenvalue weighted by Crippen LogP contribution is 2.03. The van der Waals surface area contributed by atoms with Crippen LogP contribution in [-0.4, -0.2) is 34.9 Å². The Bertz CT molecular complexity index is 510. The lowest BCUT2D eigenvalue weighted by Crippen LogP contribution is -2.19. The molecule has 0 amide bonds. The van der Waals surface area contributed by atoms with Crippen LogP contribution in [0.4, 0.5) is 0 Å². The molecule has 0 saturated carbocycles. The van der Waals surface area contributed by atoms with Gasteiger partial charge in [0.25, 0.3) is 5.56 Å². The summed E-state index contributed by atoms with van der Waals surface area (Å²) in [5.41, 5.74) is 1.92. The number of fused-ring (bicyclic) bond motifs is 1. The Morgan fingerprint density at radius 1 is 1.40 bits per heavy atom. The van der Waals surface area contributed by atoms with Crippen molar-refractivity contribution < 1.29 is 0 Å². The molecule has 0 aliphatic carbocycles. The van der Waals surface area contributed by atoms with Crippen molar-refractivity contribution in [3.8, 4) is 0 Å². The average Bonchev–Trinajstić information content (AvgIpc) is 2.59. The molecule has 0 aliphatic heterocycles. The highest BCUT2D eigenvalue weighted by Gasteiger charge is 2.04. The molecule has 0 bridgehead atoms. The quantitative estimate of drug-likeness (QED) is 0.802. The fourth-order valence-corrected chi connectivity index (χ4v) is 1.64. The van der Waals surface area contributed by atoms with E-state index in [1.54, 1.807) is 16.5 Å². The van der Waals surface area contributed by atoms with Gasteiger partial charge in [0, 0.05) is 30.9 Å². The van der Waals surface area contributed by atoms with E-state index in [0.717, 1.165) is 24.3 Å². The van der Waals surface area contributed by atoms with Gasteiger partial charge in [0.1, 0.15) is 5.65 Å². The number of nitrogens with zero attached hydrogens (tertiary/aromatic N) is 2. The van der Waals surface area contributed by atoms with Crippen LogP contribution < -0.4 is 5.56 Å². The van der Waals surface area contributed by atoms with Gasteiger partial charge in [-0.1, -0.05) is 6.07 Å². The van der Waals surface area contributed by atoms with E-state index in [1.807, 2.05) is 26.4 Å². The van der Waals surface area contributed by atoms with Crippen molar-refractivity contribution >= 4 is 5.65 Å². The van der Waals surface area contributed by atoms with Crippen molar-refractivity contribution in [3.05, 3.63) is 40.4 Å². The molecule has 80 valence electrons. The normalized spacial score (nSPS) is 11.4. The monoisotopic (exact) mass is 205 g/mol. The number of imidazole rings is 1. The molecule has 0 unspecified atom stereocenters. The topological polar surface area (TPSA) is 40.5 Å². The summed E-state index contributed by atoms with van der Waals surface area (Å²) in [4.78, 5) is 16.8. The smallest absolute Gasteiger partial charge is 0.256 e. The van der Waals surface area contributed by atoms with Crippen LogP contribution >= 0.6 is 0 Å². The molecule has 4 nitrogen and oxygen atoms in total. The predicted octanol–water partition coefficient (Wildman–Crippen LogP) is 0.732. The van der Waals surface area contributed by atoms with E-state index in [4.69, 9.17) is 0 Å². The van der Waals surface area contributed by atoms with E-state index in [2.05, 4.69) is 9.88 Å². The first-order valence-electron chi connectivity index (χ1n) is 5.01. The van der Waals surface area contributed by atoms with Gasteiger partial charge in [0.2, 0.25) is 0 Å². The second-order valence-electron chi connectivity index (χ2n) is 3.92. The molecular weight excluding hydrogens is 190 g/mol. The van der Waals surface area contributed by atoms with Crippen LogP contribution in [-0.2, 0) is 6.42 Å². The SMILES string of the molecule is CN(C)CCc1c[nH]c2cccc(=O)n12. The minimum atomic E-state index is 0.0301. The Hall–Kier alpha value is -1.55. The van der Waals surface area contributed by atoms with Gasteiger partial charge in [0.05, 0.1) is 0 Å². The maximum absolute atomic E-state index is 11.6. The summed E-state index contributed by atoms with van der Waals surface area (Å²) in [7, 11) is 4.05. The number of hydrogen-bond acceptors (Lipinski definition) is 2. The molecule has 2 aromatic rings. The summed E-state index contributed by atoms with van der Waals surface area (Å²) >= 11 is 0. The fraction of sp³-hybridized carbons (Fsp3) is 0.364. The third-order valence-electron chi connectivity index (χ3n) is 2.44. The van der Waals surface area contributed by atoms with Gasteiger partial charge in [-0.2, -0.15) is 0 Å². The Labute approximate surface area is 88.2 Å². The van der Waals surface area contributed by atoms with Crippen LogP contribution in [0.2, 0.25) is 0 Å². The van der Waals surface area contributed by atoms with Crippen LogP contribution in [0.5, 0.6) is 0 Å².